The number of ether oxygens (including phenoxy) is 1. The second-order valence-corrected chi connectivity index (χ2v) is 4.80. The minimum absolute atomic E-state index is 0.0572. The Hall–Kier alpha value is -1.26. The van der Waals surface area contributed by atoms with Crippen LogP contribution in [0.4, 0.5) is 0 Å². The van der Waals surface area contributed by atoms with Crippen LogP contribution in [-0.2, 0) is 11.3 Å². The monoisotopic (exact) mass is 271 g/mol. The summed E-state index contributed by atoms with van der Waals surface area (Å²) in [5.74, 6) is -0.164. The van der Waals surface area contributed by atoms with E-state index in [2.05, 4.69) is 5.32 Å². The summed E-state index contributed by atoms with van der Waals surface area (Å²) in [5, 5.41) is 12.3. The van der Waals surface area contributed by atoms with Crippen molar-refractivity contribution < 1.29 is 14.6 Å². The lowest BCUT2D eigenvalue weighted by molar-refractivity contribution is -0.139. The number of carboxylic acid groups (broad SMARTS) is 1. The maximum Gasteiger partial charge on any atom is 0.320 e. The molecule has 100 valence electrons. The predicted octanol–water partition coefficient (Wildman–Crippen LogP) is 2.69. The lowest BCUT2D eigenvalue weighted by Gasteiger charge is -2.16. The first-order valence-corrected chi connectivity index (χ1v) is 6.19. The van der Waals surface area contributed by atoms with Gasteiger partial charge in [0.2, 0.25) is 0 Å². The first-order chi connectivity index (χ1) is 8.40. The van der Waals surface area contributed by atoms with Crippen LogP contribution in [0.5, 0.6) is 5.75 Å². The van der Waals surface area contributed by atoms with Crippen molar-refractivity contribution in [3.05, 3.63) is 28.8 Å². The summed E-state index contributed by atoms with van der Waals surface area (Å²) in [4.78, 5) is 10.7. The number of hydrogen-bond donors (Lipinski definition) is 2. The van der Waals surface area contributed by atoms with Crippen LogP contribution in [0, 0.1) is 0 Å². The van der Waals surface area contributed by atoms with Crippen molar-refractivity contribution in [2.24, 2.45) is 0 Å². The Morgan fingerprint density at radius 3 is 2.67 bits per heavy atom. The van der Waals surface area contributed by atoms with Crippen LogP contribution in [-0.4, -0.2) is 23.2 Å². The van der Waals surface area contributed by atoms with Gasteiger partial charge in [-0.1, -0.05) is 11.6 Å². The fraction of sp³-hybridized carbons (Fsp3) is 0.462. The molecule has 5 heteroatoms. The lowest BCUT2D eigenvalue weighted by Crippen LogP contribution is -2.33. The van der Waals surface area contributed by atoms with Gasteiger partial charge >= 0.3 is 5.97 Å². The van der Waals surface area contributed by atoms with Gasteiger partial charge in [-0.15, -0.1) is 0 Å². The Morgan fingerprint density at radius 2 is 2.11 bits per heavy atom. The van der Waals surface area contributed by atoms with E-state index in [0.29, 0.717) is 11.6 Å². The molecular weight excluding hydrogens is 254 g/mol. The molecule has 0 aliphatic rings. The van der Waals surface area contributed by atoms with Gasteiger partial charge < -0.3 is 15.2 Å². The highest BCUT2D eigenvalue weighted by molar-refractivity contribution is 6.30. The van der Waals surface area contributed by atoms with E-state index >= 15 is 0 Å². The van der Waals surface area contributed by atoms with E-state index < -0.39 is 12.0 Å². The first kappa shape index (κ1) is 14.8. The molecule has 4 nitrogen and oxygen atoms in total. The normalized spacial score (nSPS) is 12.5. The molecule has 0 radical (unpaired) electrons. The van der Waals surface area contributed by atoms with Crippen molar-refractivity contribution in [2.75, 3.05) is 0 Å². The van der Waals surface area contributed by atoms with Gasteiger partial charge in [-0.3, -0.25) is 4.79 Å². The summed E-state index contributed by atoms with van der Waals surface area (Å²) in [5.41, 5.74) is 0.851. The summed E-state index contributed by atoms with van der Waals surface area (Å²) in [6.07, 6.45) is 0.0572. The third kappa shape index (κ3) is 4.55. The SMILES string of the molecule is CC(C)Oc1ccc(Cl)cc1CN[C@H](C)C(=O)O. The molecule has 1 aromatic rings. The molecule has 1 aromatic carbocycles. The van der Waals surface area contributed by atoms with Crippen molar-refractivity contribution in [1.82, 2.24) is 5.32 Å². The lowest BCUT2D eigenvalue weighted by atomic mass is 10.2. The highest BCUT2D eigenvalue weighted by atomic mass is 35.5. The van der Waals surface area contributed by atoms with Gasteiger partial charge in [0.25, 0.3) is 0 Å². The molecule has 0 aliphatic heterocycles. The maximum atomic E-state index is 10.7. The minimum Gasteiger partial charge on any atom is -0.491 e. The molecule has 2 N–H and O–H groups in total. The summed E-state index contributed by atoms with van der Waals surface area (Å²) >= 11 is 5.93. The Kier molecular flexibility index (Phi) is 5.44. The van der Waals surface area contributed by atoms with E-state index in [1.54, 1.807) is 25.1 Å². The number of nitrogens with one attached hydrogen (secondary N) is 1. The van der Waals surface area contributed by atoms with Crippen LogP contribution >= 0.6 is 11.6 Å². The predicted molar refractivity (Wildman–Crippen MR) is 71.2 cm³/mol. The molecule has 0 aliphatic carbocycles. The van der Waals surface area contributed by atoms with Gasteiger partial charge in [0.1, 0.15) is 11.8 Å². The quantitative estimate of drug-likeness (QED) is 0.835. The Morgan fingerprint density at radius 1 is 1.44 bits per heavy atom. The zero-order valence-electron chi connectivity index (χ0n) is 10.7. The highest BCUT2D eigenvalue weighted by Crippen LogP contribution is 2.24. The van der Waals surface area contributed by atoms with Crippen LogP contribution in [0.15, 0.2) is 18.2 Å². The van der Waals surface area contributed by atoms with Crippen molar-refractivity contribution in [3.8, 4) is 5.75 Å². The van der Waals surface area contributed by atoms with Crippen molar-refractivity contribution in [3.63, 3.8) is 0 Å². The Balaban J connectivity index is 2.78. The molecule has 0 amide bonds. The standard InChI is InChI=1S/C13H18ClNO3/c1-8(2)18-12-5-4-11(14)6-10(12)7-15-9(3)13(16)17/h4-6,8-9,15H,7H2,1-3H3,(H,16,17)/t9-/m1/s1. The first-order valence-electron chi connectivity index (χ1n) is 5.81. The van der Waals surface area contributed by atoms with E-state index in [-0.39, 0.29) is 6.10 Å². The number of carbonyl (C=O) groups is 1. The zero-order chi connectivity index (χ0) is 13.7. The van der Waals surface area contributed by atoms with E-state index in [1.807, 2.05) is 13.8 Å². The van der Waals surface area contributed by atoms with Gasteiger partial charge in [0.15, 0.2) is 0 Å². The van der Waals surface area contributed by atoms with Crippen LogP contribution in [0.1, 0.15) is 26.3 Å². The zero-order valence-corrected chi connectivity index (χ0v) is 11.5. The van der Waals surface area contributed by atoms with Crippen molar-refractivity contribution in [2.45, 2.75) is 39.5 Å². The van der Waals surface area contributed by atoms with Crippen molar-refractivity contribution in [1.29, 1.82) is 0 Å². The van der Waals surface area contributed by atoms with Crippen molar-refractivity contribution >= 4 is 17.6 Å². The van der Waals surface area contributed by atoms with E-state index in [4.69, 9.17) is 21.4 Å². The van der Waals surface area contributed by atoms with Crippen LogP contribution in [0.25, 0.3) is 0 Å². The van der Waals surface area contributed by atoms with E-state index in [9.17, 15) is 4.79 Å². The number of rotatable bonds is 6. The van der Waals surface area contributed by atoms with Gasteiger partial charge in [-0.05, 0) is 39.0 Å². The highest BCUT2D eigenvalue weighted by Gasteiger charge is 2.12. The minimum atomic E-state index is -0.886. The molecule has 1 rings (SSSR count). The van der Waals surface area contributed by atoms with Gasteiger partial charge in [-0.25, -0.2) is 0 Å². The number of benzene rings is 1. The average Bonchev–Trinajstić information content (AvgIpc) is 2.28. The fourth-order valence-electron chi connectivity index (χ4n) is 1.41. The maximum absolute atomic E-state index is 10.7. The summed E-state index contributed by atoms with van der Waals surface area (Å²) < 4.78 is 5.65. The summed E-state index contributed by atoms with van der Waals surface area (Å²) in [7, 11) is 0. The Bertz CT molecular complexity index is 421. The second-order valence-electron chi connectivity index (χ2n) is 4.36. The van der Waals surface area contributed by atoms with Gasteiger partial charge in [-0.2, -0.15) is 0 Å². The number of aliphatic carboxylic acids is 1. The number of halogens is 1. The summed E-state index contributed by atoms with van der Waals surface area (Å²) in [6, 6.07) is 4.71. The molecule has 1 atom stereocenters. The number of hydrogen-bond acceptors (Lipinski definition) is 3. The topological polar surface area (TPSA) is 58.6 Å². The Labute approximate surface area is 112 Å². The average molecular weight is 272 g/mol. The third-order valence-electron chi connectivity index (χ3n) is 2.35. The molecule has 0 fully saturated rings. The largest absolute Gasteiger partial charge is 0.491 e. The van der Waals surface area contributed by atoms with E-state index in [0.717, 1.165) is 11.3 Å². The van der Waals surface area contributed by atoms with Crippen LogP contribution in [0.3, 0.4) is 0 Å². The van der Waals surface area contributed by atoms with Gasteiger partial charge in [0, 0.05) is 17.1 Å². The molecule has 0 bridgehead atoms. The molecule has 0 unspecified atom stereocenters. The molecule has 0 saturated carbocycles. The van der Waals surface area contributed by atoms with Crippen LogP contribution < -0.4 is 10.1 Å². The van der Waals surface area contributed by atoms with Crippen LogP contribution in [0.2, 0.25) is 5.02 Å². The molecule has 0 aromatic heterocycles. The smallest absolute Gasteiger partial charge is 0.320 e. The molecule has 0 heterocycles. The molecular formula is C13H18ClNO3. The summed E-state index contributed by atoms with van der Waals surface area (Å²) in [6.45, 7) is 5.86. The molecule has 18 heavy (non-hydrogen) atoms. The second kappa shape index (κ2) is 6.61. The third-order valence-corrected chi connectivity index (χ3v) is 2.59. The van der Waals surface area contributed by atoms with E-state index in [1.165, 1.54) is 0 Å². The molecule has 0 saturated heterocycles. The molecule has 0 spiro atoms. The number of carboxylic acids is 1. The van der Waals surface area contributed by atoms with Gasteiger partial charge in [0.05, 0.1) is 6.10 Å². The fourth-order valence-corrected chi connectivity index (χ4v) is 1.60.